The lowest BCUT2D eigenvalue weighted by molar-refractivity contribution is -0.137. The lowest BCUT2D eigenvalue weighted by atomic mass is 10.0. The number of nitrogens with one attached hydrogen (secondary N) is 1. The number of hydrogen-bond donors (Lipinski definition) is 1. The fourth-order valence-electron chi connectivity index (χ4n) is 2.42. The molecule has 0 bridgehead atoms. The average molecular weight is 309 g/mol. The number of nitrogens with zero attached hydrogens (tertiary/aromatic N) is 1. The third kappa shape index (κ3) is 4.36. The molecular weight excluding hydrogens is 289 g/mol. The summed E-state index contributed by atoms with van der Waals surface area (Å²) >= 11 is 0. The van der Waals surface area contributed by atoms with Gasteiger partial charge in [0.05, 0.1) is 5.56 Å². The number of hydrogen-bond acceptors (Lipinski definition) is 2. The number of benzene rings is 1. The first kappa shape index (κ1) is 17.3. The van der Waals surface area contributed by atoms with Crippen LogP contribution in [0, 0.1) is 0 Å². The summed E-state index contributed by atoms with van der Waals surface area (Å²) in [6.45, 7) is 5.91. The topological polar surface area (TPSA) is 15.3 Å². The molecule has 1 aromatic rings. The maximum Gasteiger partial charge on any atom is 0.416 e. The van der Waals surface area contributed by atoms with E-state index in [0.29, 0.717) is 0 Å². The van der Waals surface area contributed by atoms with Crippen molar-refractivity contribution in [3.8, 4) is 0 Å². The van der Waals surface area contributed by atoms with E-state index < -0.39 is 11.7 Å². The highest BCUT2D eigenvalue weighted by atomic mass is 35.5. The molecule has 1 fully saturated rings. The van der Waals surface area contributed by atoms with Gasteiger partial charge in [-0.2, -0.15) is 13.2 Å². The largest absolute Gasteiger partial charge is 0.416 e. The first-order chi connectivity index (χ1) is 8.98. The molecule has 1 aromatic carbocycles. The number of rotatable bonds is 2. The quantitative estimate of drug-likeness (QED) is 0.900. The highest BCUT2D eigenvalue weighted by Crippen LogP contribution is 2.30. The minimum absolute atomic E-state index is 0. The molecule has 0 spiro atoms. The SMILES string of the molecule is CC(c1ccc(C(F)(F)F)cc1)N1CCCNCC1.Cl. The second-order valence-electron chi connectivity index (χ2n) is 4.94. The molecule has 1 aliphatic heterocycles. The van der Waals surface area contributed by atoms with Crippen molar-refractivity contribution in [3.63, 3.8) is 0 Å². The van der Waals surface area contributed by atoms with Gasteiger partial charge in [0.25, 0.3) is 0 Å². The third-order valence-electron chi connectivity index (χ3n) is 3.64. The van der Waals surface area contributed by atoms with Crippen LogP contribution in [0.25, 0.3) is 0 Å². The van der Waals surface area contributed by atoms with Crippen LogP contribution in [0.1, 0.15) is 30.5 Å². The summed E-state index contributed by atoms with van der Waals surface area (Å²) in [5.74, 6) is 0. The van der Waals surface area contributed by atoms with Gasteiger partial charge < -0.3 is 5.32 Å². The van der Waals surface area contributed by atoms with Crippen LogP contribution in [0.2, 0.25) is 0 Å². The Balaban J connectivity index is 0.00000200. The smallest absolute Gasteiger partial charge is 0.315 e. The van der Waals surface area contributed by atoms with Crippen LogP contribution in [-0.2, 0) is 6.18 Å². The van der Waals surface area contributed by atoms with Crippen molar-refractivity contribution >= 4 is 12.4 Å². The second kappa shape index (κ2) is 7.29. The zero-order chi connectivity index (χ0) is 13.9. The van der Waals surface area contributed by atoms with Crippen molar-refractivity contribution in [1.29, 1.82) is 0 Å². The van der Waals surface area contributed by atoms with E-state index in [2.05, 4.69) is 10.2 Å². The lowest BCUT2D eigenvalue weighted by Crippen LogP contribution is -2.30. The van der Waals surface area contributed by atoms with Gasteiger partial charge in [0.1, 0.15) is 0 Å². The van der Waals surface area contributed by atoms with Crippen LogP contribution in [0.4, 0.5) is 13.2 Å². The molecule has 114 valence electrons. The van der Waals surface area contributed by atoms with Crippen LogP contribution in [-0.4, -0.2) is 31.1 Å². The number of alkyl halides is 3. The zero-order valence-corrected chi connectivity index (χ0v) is 12.2. The summed E-state index contributed by atoms with van der Waals surface area (Å²) in [4.78, 5) is 2.31. The van der Waals surface area contributed by atoms with E-state index in [1.54, 1.807) is 12.1 Å². The van der Waals surface area contributed by atoms with Gasteiger partial charge in [-0.15, -0.1) is 12.4 Å². The van der Waals surface area contributed by atoms with Crippen molar-refractivity contribution in [3.05, 3.63) is 35.4 Å². The minimum atomic E-state index is -4.26. The normalized spacial score (nSPS) is 19.0. The molecule has 1 saturated heterocycles. The molecule has 1 N–H and O–H groups in total. The van der Waals surface area contributed by atoms with Crippen LogP contribution < -0.4 is 5.32 Å². The molecule has 1 unspecified atom stereocenters. The van der Waals surface area contributed by atoms with Crippen LogP contribution in [0.15, 0.2) is 24.3 Å². The highest BCUT2D eigenvalue weighted by molar-refractivity contribution is 5.85. The van der Waals surface area contributed by atoms with E-state index in [0.717, 1.165) is 38.2 Å². The monoisotopic (exact) mass is 308 g/mol. The first-order valence-electron chi connectivity index (χ1n) is 6.60. The van der Waals surface area contributed by atoms with Gasteiger partial charge in [-0.3, -0.25) is 4.90 Å². The third-order valence-corrected chi connectivity index (χ3v) is 3.64. The van der Waals surface area contributed by atoms with E-state index in [4.69, 9.17) is 0 Å². The fraction of sp³-hybridized carbons (Fsp3) is 0.571. The predicted molar refractivity (Wildman–Crippen MR) is 76.2 cm³/mol. The fourth-order valence-corrected chi connectivity index (χ4v) is 2.42. The average Bonchev–Trinajstić information content (AvgIpc) is 2.66. The molecule has 6 heteroatoms. The standard InChI is InChI=1S/C14H19F3N2.ClH/c1-11(19-9-2-7-18-8-10-19)12-3-5-13(6-4-12)14(15,16)17;/h3-6,11,18H,2,7-10H2,1H3;1H. The predicted octanol–water partition coefficient (Wildman–Crippen LogP) is 3.48. The molecule has 2 nitrogen and oxygen atoms in total. The molecule has 20 heavy (non-hydrogen) atoms. The second-order valence-corrected chi connectivity index (χ2v) is 4.94. The number of halogens is 4. The van der Waals surface area contributed by atoms with E-state index in [1.807, 2.05) is 6.92 Å². The summed E-state index contributed by atoms with van der Waals surface area (Å²) in [5.41, 5.74) is 0.357. The van der Waals surface area contributed by atoms with Gasteiger partial charge >= 0.3 is 6.18 Å². The molecule has 0 amide bonds. The van der Waals surface area contributed by atoms with Crippen molar-refractivity contribution < 1.29 is 13.2 Å². The molecule has 0 saturated carbocycles. The molecule has 2 rings (SSSR count). The summed E-state index contributed by atoms with van der Waals surface area (Å²) < 4.78 is 37.5. The van der Waals surface area contributed by atoms with E-state index in [-0.39, 0.29) is 18.4 Å². The Morgan fingerprint density at radius 2 is 1.75 bits per heavy atom. The minimum Gasteiger partial charge on any atom is -0.315 e. The van der Waals surface area contributed by atoms with Gasteiger partial charge in [0, 0.05) is 19.1 Å². The molecule has 0 aromatic heterocycles. The van der Waals surface area contributed by atoms with Crippen LogP contribution in [0.3, 0.4) is 0 Å². The Labute approximate surface area is 123 Å². The molecular formula is C14H20ClF3N2. The van der Waals surface area contributed by atoms with Gasteiger partial charge in [0.2, 0.25) is 0 Å². The molecule has 0 radical (unpaired) electrons. The van der Waals surface area contributed by atoms with E-state index in [1.165, 1.54) is 12.1 Å². The summed E-state index contributed by atoms with van der Waals surface area (Å²) in [5, 5.41) is 3.32. The lowest BCUT2D eigenvalue weighted by Gasteiger charge is -2.27. The zero-order valence-electron chi connectivity index (χ0n) is 11.4. The van der Waals surface area contributed by atoms with Crippen molar-refractivity contribution in [2.24, 2.45) is 0 Å². The van der Waals surface area contributed by atoms with Gasteiger partial charge in [-0.05, 0) is 44.1 Å². The maximum absolute atomic E-state index is 12.5. The molecule has 1 heterocycles. The Hall–Kier alpha value is -0.780. The van der Waals surface area contributed by atoms with E-state index >= 15 is 0 Å². The summed E-state index contributed by atoms with van der Waals surface area (Å²) in [7, 11) is 0. The Kier molecular flexibility index (Phi) is 6.30. The Morgan fingerprint density at radius 1 is 1.10 bits per heavy atom. The first-order valence-corrected chi connectivity index (χ1v) is 6.60. The van der Waals surface area contributed by atoms with Crippen molar-refractivity contribution in [1.82, 2.24) is 10.2 Å². The van der Waals surface area contributed by atoms with Crippen molar-refractivity contribution in [2.45, 2.75) is 25.6 Å². The molecule has 1 aliphatic rings. The summed E-state index contributed by atoms with van der Waals surface area (Å²) in [6, 6.07) is 5.67. The molecule has 1 atom stereocenters. The van der Waals surface area contributed by atoms with E-state index in [9.17, 15) is 13.2 Å². The van der Waals surface area contributed by atoms with Gasteiger partial charge in [-0.25, -0.2) is 0 Å². The Bertz CT molecular complexity index is 398. The van der Waals surface area contributed by atoms with Gasteiger partial charge in [-0.1, -0.05) is 12.1 Å². The van der Waals surface area contributed by atoms with Crippen LogP contribution >= 0.6 is 12.4 Å². The van der Waals surface area contributed by atoms with Gasteiger partial charge in [0.15, 0.2) is 0 Å². The molecule has 0 aliphatic carbocycles. The Morgan fingerprint density at radius 3 is 2.35 bits per heavy atom. The highest BCUT2D eigenvalue weighted by Gasteiger charge is 2.30. The van der Waals surface area contributed by atoms with Crippen LogP contribution in [0.5, 0.6) is 0 Å². The summed E-state index contributed by atoms with van der Waals surface area (Å²) in [6.07, 6.45) is -3.18. The van der Waals surface area contributed by atoms with Crippen molar-refractivity contribution in [2.75, 3.05) is 26.2 Å². The maximum atomic E-state index is 12.5.